The summed E-state index contributed by atoms with van der Waals surface area (Å²) < 4.78 is 7.44. The largest absolute Gasteiger partial charge is 0.355 e. The quantitative estimate of drug-likeness (QED) is 0.174. The zero-order chi connectivity index (χ0) is 77.0. The van der Waals surface area contributed by atoms with E-state index in [4.69, 9.17) is 0 Å². The summed E-state index contributed by atoms with van der Waals surface area (Å²) in [6.45, 7) is 20.9. The minimum absolute atomic E-state index is 0.228. The van der Waals surface area contributed by atoms with Crippen molar-refractivity contribution in [3.63, 3.8) is 0 Å². The Morgan fingerprint density at radius 1 is 0.237 bits per heavy atom. The first-order valence-electron chi connectivity index (χ1n) is 40.2. The maximum Gasteiger partial charge on any atom is 0.249 e. The molecular formula is C108H86BN5. The van der Waals surface area contributed by atoms with Crippen LogP contribution < -0.4 is 26.6 Å². The number of hydrogen-bond acceptors (Lipinski definition) is 2. The zero-order valence-corrected chi connectivity index (χ0v) is 65.9. The molecule has 0 spiro atoms. The Kier molecular flexibility index (Phi) is 15.7. The third-order valence-corrected chi connectivity index (χ3v) is 24.5. The van der Waals surface area contributed by atoms with Gasteiger partial charge >= 0.3 is 0 Å². The second kappa shape index (κ2) is 26.1. The molecule has 5 nitrogen and oxygen atoms in total. The molecule has 22 rings (SSSR count). The molecule has 10 bridgehead atoms. The fraction of sp³-hybridized carbons (Fsp3) is 0.111. The summed E-state index contributed by atoms with van der Waals surface area (Å²) in [4.78, 5) is 2.71. The van der Waals surface area contributed by atoms with Crippen molar-refractivity contribution >= 4 is 117 Å². The van der Waals surface area contributed by atoms with E-state index in [1.54, 1.807) is 0 Å². The molecule has 0 atom stereocenters. The van der Waals surface area contributed by atoms with Crippen molar-refractivity contribution in [1.82, 2.24) is 13.7 Å². The number of aromatic nitrogens is 3. The summed E-state index contributed by atoms with van der Waals surface area (Å²) in [5.41, 5.74) is 35.7. The fourth-order valence-electron chi connectivity index (χ4n) is 18.6. The van der Waals surface area contributed by atoms with Crippen molar-refractivity contribution in [3.8, 4) is 83.8 Å². The van der Waals surface area contributed by atoms with Gasteiger partial charge in [-0.3, -0.25) is 0 Å². The molecule has 0 amide bonds. The molecule has 16 aromatic carbocycles. The Labute approximate surface area is 667 Å². The van der Waals surface area contributed by atoms with E-state index in [-0.39, 0.29) is 23.0 Å². The van der Waals surface area contributed by atoms with Gasteiger partial charge in [-0.05, 0) is 221 Å². The van der Waals surface area contributed by atoms with Gasteiger partial charge in [0.1, 0.15) is 0 Å². The zero-order valence-electron chi connectivity index (χ0n) is 65.9. The summed E-state index contributed by atoms with van der Waals surface area (Å²) in [7, 11) is 0. The highest BCUT2D eigenvalue weighted by Crippen LogP contribution is 2.53. The molecular weight excluding hydrogens is 1380 g/mol. The van der Waals surface area contributed by atoms with Gasteiger partial charge in [0.15, 0.2) is 0 Å². The molecule has 0 unspecified atom stereocenters. The maximum absolute atomic E-state index is 4.57. The van der Waals surface area contributed by atoms with Gasteiger partial charge in [-0.25, -0.2) is 0 Å². The van der Waals surface area contributed by atoms with Crippen molar-refractivity contribution in [3.05, 3.63) is 369 Å². The molecule has 3 aliphatic heterocycles. The summed E-state index contributed by atoms with van der Waals surface area (Å²) in [6, 6.07) is 134. The second-order valence-electron chi connectivity index (χ2n) is 34.6. The predicted octanol–water partition coefficient (Wildman–Crippen LogP) is 27.2. The smallest absolute Gasteiger partial charge is 0.249 e. The molecule has 3 aliphatic rings. The number of nitrogens with zero attached hydrogens (tertiary/aromatic N) is 4. The van der Waals surface area contributed by atoms with Gasteiger partial charge in [-0.15, -0.1) is 0 Å². The third-order valence-electron chi connectivity index (χ3n) is 24.5. The monoisotopic (exact) mass is 1460 g/mol. The first kappa shape index (κ1) is 68.6. The van der Waals surface area contributed by atoms with E-state index in [9.17, 15) is 0 Å². The van der Waals surface area contributed by atoms with E-state index in [1.165, 1.54) is 59.9 Å². The minimum atomic E-state index is -0.337. The summed E-state index contributed by atoms with van der Waals surface area (Å²) in [5, 5.41) is 11.8. The van der Waals surface area contributed by atoms with E-state index in [0.717, 1.165) is 151 Å². The first-order chi connectivity index (χ1) is 55.4. The normalized spacial score (nSPS) is 12.8. The Bertz CT molecular complexity index is 7020. The lowest BCUT2D eigenvalue weighted by Crippen LogP contribution is -2.58. The average molecular weight is 1460 g/mol. The van der Waals surface area contributed by atoms with Gasteiger partial charge in [0.2, 0.25) is 6.71 Å². The lowest BCUT2D eigenvalue weighted by atomic mass is 9.34. The molecule has 19 aromatic rings. The number of rotatable bonds is 5. The van der Waals surface area contributed by atoms with Crippen molar-refractivity contribution in [1.29, 1.82) is 0 Å². The fourth-order valence-corrected chi connectivity index (χ4v) is 18.6. The van der Waals surface area contributed by atoms with E-state index in [0.29, 0.717) is 0 Å². The predicted molar refractivity (Wildman–Crippen MR) is 487 cm³/mol. The van der Waals surface area contributed by atoms with Gasteiger partial charge < -0.3 is 23.9 Å². The van der Waals surface area contributed by atoms with Crippen molar-refractivity contribution < 1.29 is 0 Å². The molecule has 546 valence electrons. The third kappa shape index (κ3) is 11.2. The van der Waals surface area contributed by atoms with Crippen LogP contribution in [0.3, 0.4) is 0 Å². The number of benzene rings is 16. The van der Waals surface area contributed by atoms with Gasteiger partial charge in [0.25, 0.3) is 0 Å². The van der Waals surface area contributed by atoms with Gasteiger partial charge in [-0.2, -0.15) is 0 Å². The lowest BCUT2D eigenvalue weighted by molar-refractivity contribution is 0.590. The van der Waals surface area contributed by atoms with E-state index in [2.05, 4.69) is 438 Å². The van der Waals surface area contributed by atoms with Crippen LogP contribution in [0.2, 0.25) is 0 Å². The minimum Gasteiger partial charge on any atom is -0.355 e. The van der Waals surface area contributed by atoms with Crippen LogP contribution in [0.4, 0.5) is 28.4 Å². The number of para-hydroxylation sites is 5. The van der Waals surface area contributed by atoms with Crippen molar-refractivity contribution in [2.45, 2.75) is 78.6 Å². The molecule has 6 heterocycles. The van der Waals surface area contributed by atoms with E-state index >= 15 is 0 Å². The average Bonchev–Trinajstić information content (AvgIpc) is 0.740. The van der Waals surface area contributed by atoms with E-state index in [1.807, 2.05) is 0 Å². The molecule has 0 saturated carbocycles. The molecule has 1 N–H and O–H groups in total. The number of anilines is 5. The van der Waals surface area contributed by atoms with E-state index < -0.39 is 0 Å². The van der Waals surface area contributed by atoms with Crippen LogP contribution in [0.15, 0.2) is 352 Å². The standard InChI is InChI=1S/C108H86BN5/c1-106(2,3)76-49-52-93-102(65-76)114-103-67-81(113-98-45-25-21-41-84(98)85-42-22-26-46-99(85)113)51-54-94(103)109(93)92-53-50-80(112-96-43-23-19-39-82(96)83-40-20-24-44-97(83)112)66-95(92)110-104-86(68-29-13-10-14-30-68)61-77(107(4,5)6)62-87(104)74-35-27-33-70(57-74)72-47-55-100-90(59-72)91-60-73(48-56-101(91)111(100)79-37-17-12-18-38-79)71-34-28-36-75(58-71)89-64-78(108(7,8)9)63-88(105(89)114)69-31-15-11-16-32-69/h10-67,110H,1-9H3. The Balaban J connectivity index is 0.943. The highest BCUT2D eigenvalue weighted by molar-refractivity contribution is 6.99. The van der Waals surface area contributed by atoms with Crippen LogP contribution in [0.25, 0.3) is 149 Å². The lowest BCUT2D eigenvalue weighted by Gasteiger charge is -2.41. The second-order valence-corrected chi connectivity index (χ2v) is 34.6. The molecule has 0 aliphatic carbocycles. The summed E-state index contributed by atoms with van der Waals surface area (Å²) in [5.74, 6) is 0. The van der Waals surface area contributed by atoms with Crippen LogP contribution in [0.1, 0.15) is 79.0 Å². The SMILES string of the molecule is CC(C)(C)c1cc(-c2ccccc2)c2c(c1)-c1cccc(c1)-c1ccc3c(c1)c1cc(ccc1n3-c1ccccc1)-c1cccc(c1)-c1cc(C(C)(C)C)cc(-c3ccccc3)c1N1c3cc(-n4c5ccccc5c5ccccc54)ccc3B(c3ccc(-n4c5ccccc5c5ccccc54)cc3N2)c2ccc(C(C)(C)C)cc21. The first-order valence-corrected chi connectivity index (χ1v) is 40.2. The van der Waals surface area contributed by atoms with Crippen molar-refractivity contribution in [2.24, 2.45) is 0 Å². The molecule has 0 radical (unpaired) electrons. The van der Waals surface area contributed by atoms with Crippen molar-refractivity contribution in [2.75, 3.05) is 10.2 Å². The van der Waals surface area contributed by atoms with Crippen LogP contribution in [0, 0.1) is 0 Å². The molecule has 114 heavy (non-hydrogen) atoms. The Morgan fingerprint density at radius 2 is 0.596 bits per heavy atom. The van der Waals surface area contributed by atoms with Crippen LogP contribution >= 0.6 is 0 Å². The topological polar surface area (TPSA) is 30.1 Å². The number of hydrogen-bond donors (Lipinski definition) is 1. The summed E-state index contributed by atoms with van der Waals surface area (Å²) in [6.07, 6.45) is 0. The van der Waals surface area contributed by atoms with Gasteiger partial charge in [-0.1, -0.05) is 287 Å². The van der Waals surface area contributed by atoms with Crippen LogP contribution in [0.5, 0.6) is 0 Å². The van der Waals surface area contributed by atoms with Gasteiger partial charge in [0, 0.05) is 88.7 Å². The number of nitrogens with one attached hydrogen (secondary N) is 1. The molecule has 0 fully saturated rings. The Hall–Kier alpha value is -13.4. The summed E-state index contributed by atoms with van der Waals surface area (Å²) >= 11 is 0. The number of fused-ring (bicyclic) bond motifs is 6. The molecule has 3 aromatic heterocycles. The van der Waals surface area contributed by atoms with Gasteiger partial charge in [0.05, 0.1) is 44.5 Å². The van der Waals surface area contributed by atoms with Crippen LogP contribution in [-0.2, 0) is 16.2 Å². The highest BCUT2D eigenvalue weighted by Gasteiger charge is 2.41. The van der Waals surface area contributed by atoms with Crippen LogP contribution in [-0.4, -0.2) is 20.4 Å². The molecule has 6 heteroatoms. The highest BCUT2D eigenvalue weighted by atomic mass is 15.2. The maximum atomic E-state index is 4.57. The Morgan fingerprint density at radius 3 is 1.10 bits per heavy atom. The molecule has 0 saturated heterocycles.